The number of primary amides is 1. The Balaban J connectivity index is 2.10. The molecule has 27 heavy (non-hydrogen) atoms. The highest BCUT2D eigenvalue weighted by Crippen LogP contribution is 2.16. The summed E-state index contributed by atoms with van der Waals surface area (Å²) in [4.78, 5) is 41.3. The summed E-state index contributed by atoms with van der Waals surface area (Å²) in [6.45, 7) is 5.51. The molecular weight excluding hydrogens is 344 g/mol. The topological polar surface area (TPSA) is 107 Å². The minimum atomic E-state index is -0.594. The fourth-order valence-corrected chi connectivity index (χ4v) is 2.83. The average Bonchev–Trinajstić information content (AvgIpc) is 2.60. The van der Waals surface area contributed by atoms with Gasteiger partial charge in [-0.25, -0.2) is 4.98 Å². The molecule has 0 fully saturated rings. The minimum Gasteiger partial charge on any atom is -0.368 e. The standard InChI is InChI=1S/C20H20N4O3/c1-11-4-6-14(8-12(11)2)23-20(27)16-9-24(10-17(21)25)19-15(18(16)26)7-5-13(3)22-19/h4-9H,10H2,1-3H3,(H2,21,25)(H,23,27). The fraction of sp³-hybridized carbons (Fsp3) is 0.200. The van der Waals surface area contributed by atoms with E-state index in [2.05, 4.69) is 10.3 Å². The Kier molecular flexibility index (Phi) is 4.77. The van der Waals surface area contributed by atoms with Crippen LogP contribution in [-0.4, -0.2) is 21.4 Å². The summed E-state index contributed by atoms with van der Waals surface area (Å²) in [5, 5.41) is 2.99. The van der Waals surface area contributed by atoms with Gasteiger partial charge in [-0.05, 0) is 56.2 Å². The SMILES string of the molecule is Cc1ccc2c(=O)c(C(=O)Nc3ccc(C)c(C)c3)cn(CC(N)=O)c2n1. The van der Waals surface area contributed by atoms with Crippen LogP contribution in [0.1, 0.15) is 27.2 Å². The largest absolute Gasteiger partial charge is 0.368 e. The molecule has 0 atom stereocenters. The lowest BCUT2D eigenvalue weighted by Crippen LogP contribution is -2.27. The lowest BCUT2D eigenvalue weighted by Gasteiger charge is -2.12. The summed E-state index contributed by atoms with van der Waals surface area (Å²) in [5.41, 5.74) is 8.51. The van der Waals surface area contributed by atoms with Gasteiger partial charge >= 0.3 is 0 Å². The van der Waals surface area contributed by atoms with Crippen LogP contribution in [-0.2, 0) is 11.3 Å². The fourth-order valence-electron chi connectivity index (χ4n) is 2.83. The summed E-state index contributed by atoms with van der Waals surface area (Å²) in [6.07, 6.45) is 1.33. The molecule has 2 aromatic heterocycles. The second kappa shape index (κ2) is 7.03. The van der Waals surface area contributed by atoms with Crippen molar-refractivity contribution in [1.82, 2.24) is 9.55 Å². The van der Waals surface area contributed by atoms with Crippen molar-refractivity contribution in [1.29, 1.82) is 0 Å². The van der Waals surface area contributed by atoms with E-state index in [0.29, 0.717) is 17.0 Å². The summed E-state index contributed by atoms with van der Waals surface area (Å²) in [7, 11) is 0. The number of benzene rings is 1. The lowest BCUT2D eigenvalue weighted by molar-refractivity contribution is -0.118. The van der Waals surface area contributed by atoms with Crippen molar-refractivity contribution in [3.05, 3.63) is 69.1 Å². The van der Waals surface area contributed by atoms with Gasteiger partial charge in [-0.2, -0.15) is 0 Å². The summed E-state index contributed by atoms with van der Waals surface area (Å²) < 4.78 is 1.43. The van der Waals surface area contributed by atoms with Crippen LogP contribution >= 0.6 is 0 Å². The first-order valence-corrected chi connectivity index (χ1v) is 8.44. The zero-order valence-corrected chi connectivity index (χ0v) is 15.4. The summed E-state index contributed by atoms with van der Waals surface area (Å²) in [6, 6.07) is 8.78. The molecule has 0 unspecified atom stereocenters. The molecule has 0 bridgehead atoms. The van der Waals surface area contributed by atoms with Gasteiger partial charge in [0.1, 0.15) is 17.8 Å². The Labute approximate surface area is 155 Å². The molecule has 0 saturated carbocycles. The number of nitrogens with zero attached hydrogens (tertiary/aromatic N) is 2. The molecule has 0 aliphatic rings. The molecule has 3 rings (SSSR count). The summed E-state index contributed by atoms with van der Waals surface area (Å²) >= 11 is 0. The number of amides is 2. The van der Waals surface area contributed by atoms with E-state index in [4.69, 9.17) is 5.73 Å². The third-order valence-electron chi connectivity index (χ3n) is 4.40. The van der Waals surface area contributed by atoms with Gasteiger partial charge in [-0.3, -0.25) is 14.4 Å². The van der Waals surface area contributed by atoms with Crippen LogP contribution in [0.25, 0.3) is 11.0 Å². The van der Waals surface area contributed by atoms with E-state index in [1.54, 1.807) is 25.1 Å². The quantitative estimate of drug-likeness (QED) is 0.739. The molecule has 1 aromatic carbocycles. The highest BCUT2D eigenvalue weighted by molar-refractivity contribution is 6.05. The first-order chi connectivity index (χ1) is 12.8. The van der Waals surface area contributed by atoms with Gasteiger partial charge < -0.3 is 15.6 Å². The van der Waals surface area contributed by atoms with Crippen molar-refractivity contribution >= 4 is 28.5 Å². The van der Waals surface area contributed by atoms with Gasteiger partial charge in [0.25, 0.3) is 5.91 Å². The smallest absolute Gasteiger partial charge is 0.261 e. The molecule has 0 spiro atoms. The van der Waals surface area contributed by atoms with Crippen LogP contribution < -0.4 is 16.5 Å². The Morgan fingerprint density at radius 2 is 1.85 bits per heavy atom. The van der Waals surface area contributed by atoms with E-state index in [-0.39, 0.29) is 17.5 Å². The first-order valence-electron chi connectivity index (χ1n) is 8.44. The Bertz CT molecular complexity index is 1130. The monoisotopic (exact) mass is 364 g/mol. The van der Waals surface area contributed by atoms with E-state index in [1.165, 1.54) is 10.8 Å². The van der Waals surface area contributed by atoms with Gasteiger partial charge in [0.2, 0.25) is 11.3 Å². The van der Waals surface area contributed by atoms with Crippen LogP contribution in [0, 0.1) is 20.8 Å². The zero-order valence-electron chi connectivity index (χ0n) is 15.4. The number of nitrogens with two attached hydrogens (primary N) is 1. The first kappa shape index (κ1) is 18.3. The van der Waals surface area contributed by atoms with Crippen molar-refractivity contribution in [3.63, 3.8) is 0 Å². The molecule has 7 heteroatoms. The van der Waals surface area contributed by atoms with E-state index in [0.717, 1.165) is 11.1 Å². The maximum atomic E-state index is 12.8. The molecule has 0 aliphatic carbocycles. The number of anilines is 1. The normalized spacial score (nSPS) is 10.8. The second-order valence-electron chi connectivity index (χ2n) is 6.54. The molecule has 0 radical (unpaired) electrons. The number of aromatic nitrogens is 2. The summed E-state index contributed by atoms with van der Waals surface area (Å²) in [5.74, 6) is -1.15. The van der Waals surface area contributed by atoms with E-state index < -0.39 is 17.2 Å². The number of fused-ring (bicyclic) bond motifs is 1. The molecule has 3 N–H and O–H groups in total. The Morgan fingerprint density at radius 1 is 1.11 bits per heavy atom. The molecule has 0 saturated heterocycles. The number of hydrogen-bond donors (Lipinski definition) is 2. The third-order valence-corrected chi connectivity index (χ3v) is 4.40. The molecule has 138 valence electrons. The van der Waals surface area contributed by atoms with E-state index in [1.807, 2.05) is 26.0 Å². The van der Waals surface area contributed by atoms with E-state index >= 15 is 0 Å². The number of aryl methyl sites for hydroxylation is 3. The predicted molar refractivity (Wildman–Crippen MR) is 104 cm³/mol. The van der Waals surface area contributed by atoms with Crippen LogP contribution in [0.5, 0.6) is 0 Å². The van der Waals surface area contributed by atoms with Crippen molar-refractivity contribution in [2.75, 3.05) is 5.32 Å². The Morgan fingerprint density at radius 3 is 2.52 bits per heavy atom. The van der Waals surface area contributed by atoms with Gasteiger partial charge in [0.15, 0.2) is 0 Å². The van der Waals surface area contributed by atoms with Gasteiger partial charge in [0, 0.05) is 17.6 Å². The highest BCUT2D eigenvalue weighted by atomic mass is 16.2. The van der Waals surface area contributed by atoms with Crippen LogP contribution in [0.2, 0.25) is 0 Å². The molecule has 0 aliphatic heterocycles. The molecule has 7 nitrogen and oxygen atoms in total. The molecule has 2 amide bonds. The number of hydrogen-bond acceptors (Lipinski definition) is 4. The highest BCUT2D eigenvalue weighted by Gasteiger charge is 2.17. The number of rotatable bonds is 4. The number of nitrogens with one attached hydrogen (secondary N) is 1. The molecule has 2 heterocycles. The van der Waals surface area contributed by atoms with Crippen LogP contribution in [0.3, 0.4) is 0 Å². The maximum absolute atomic E-state index is 12.8. The van der Waals surface area contributed by atoms with E-state index in [9.17, 15) is 14.4 Å². The van der Waals surface area contributed by atoms with Crippen LogP contribution in [0.15, 0.2) is 41.3 Å². The van der Waals surface area contributed by atoms with Gasteiger partial charge in [0.05, 0.1) is 5.39 Å². The van der Waals surface area contributed by atoms with Crippen molar-refractivity contribution in [2.24, 2.45) is 5.73 Å². The number of pyridine rings is 2. The zero-order chi connectivity index (χ0) is 19.7. The van der Waals surface area contributed by atoms with Gasteiger partial charge in [-0.15, -0.1) is 0 Å². The van der Waals surface area contributed by atoms with Crippen molar-refractivity contribution in [2.45, 2.75) is 27.3 Å². The van der Waals surface area contributed by atoms with Crippen LogP contribution in [0.4, 0.5) is 5.69 Å². The van der Waals surface area contributed by atoms with Gasteiger partial charge in [-0.1, -0.05) is 6.07 Å². The Hall–Kier alpha value is -3.48. The number of carbonyl (C=O) groups is 2. The second-order valence-corrected chi connectivity index (χ2v) is 6.54. The minimum absolute atomic E-state index is 0.0763. The average molecular weight is 364 g/mol. The lowest BCUT2D eigenvalue weighted by atomic mass is 10.1. The predicted octanol–water partition coefficient (Wildman–Crippen LogP) is 2.06. The third kappa shape index (κ3) is 3.72. The van der Waals surface area contributed by atoms with Crippen molar-refractivity contribution in [3.8, 4) is 0 Å². The molecular formula is C20H20N4O3. The number of carbonyl (C=O) groups excluding carboxylic acids is 2. The van der Waals surface area contributed by atoms with Crippen molar-refractivity contribution < 1.29 is 9.59 Å². The maximum Gasteiger partial charge on any atom is 0.261 e. The molecule has 3 aromatic rings.